The molecule has 1 aromatic heterocycles. The van der Waals surface area contributed by atoms with Crippen LogP contribution in [0.15, 0.2) is 15.9 Å². The summed E-state index contributed by atoms with van der Waals surface area (Å²) in [6.07, 6.45) is 0.971. The molecule has 0 bridgehead atoms. The largest absolute Gasteiger partial charge is 0.367 e. The molecule has 0 aliphatic carbocycles. The molecule has 2 unspecified atom stereocenters. The minimum Gasteiger partial charge on any atom is -0.367 e. The van der Waals surface area contributed by atoms with Crippen molar-refractivity contribution in [1.82, 2.24) is 4.90 Å². The summed E-state index contributed by atoms with van der Waals surface area (Å²) in [7, 11) is 0. The number of thiophene rings is 1. The van der Waals surface area contributed by atoms with Crippen molar-refractivity contribution in [2.75, 3.05) is 13.1 Å². The molecule has 2 rings (SSSR count). The van der Waals surface area contributed by atoms with Crippen molar-refractivity contribution < 1.29 is 4.74 Å². The van der Waals surface area contributed by atoms with Crippen molar-refractivity contribution in [2.24, 2.45) is 5.73 Å². The van der Waals surface area contributed by atoms with Crippen LogP contribution in [0.5, 0.6) is 0 Å². The average Bonchev–Trinajstić information content (AvgIpc) is 2.71. The maximum Gasteiger partial charge on any atom is 0.0761 e. The SMILES string of the molecule is CCC(N)C(c1ccc(Br)s1)N1CC(C)(C)OC(C)(C)C1. The quantitative estimate of drug-likeness (QED) is 0.858. The number of morpholine rings is 1. The standard InChI is InChI=1S/C16H27BrN2OS/c1-6-11(18)14(12-7-8-13(17)21-12)19-9-15(2,3)20-16(4,5)10-19/h7-8,11,14H,6,9-10,18H2,1-5H3. The molecule has 0 spiro atoms. The van der Waals surface area contributed by atoms with Crippen molar-refractivity contribution in [1.29, 1.82) is 0 Å². The molecular formula is C16H27BrN2OS. The number of ether oxygens (including phenoxy) is 1. The van der Waals surface area contributed by atoms with E-state index in [0.717, 1.165) is 23.3 Å². The van der Waals surface area contributed by atoms with Crippen molar-refractivity contribution in [3.63, 3.8) is 0 Å². The first kappa shape index (κ1) is 17.4. The zero-order chi connectivity index (χ0) is 15.8. The first-order valence-corrected chi connectivity index (χ1v) is 9.19. The van der Waals surface area contributed by atoms with Crippen LogP contribution in [0, 0.1) is 0 Å². The number of hydrogen-bond donors (Lipinski definition) is 1. The summed E-state index contributed by atoms with van der Waals surface area (Å²) in [5.41, 5.74) is 6.17. The second-order valence-electron chi connectivity index (χ2n) is 7.19. The van der Waals surface area contributed by atoms with Crippen LogP contribution in [0.4, 0.5) is 0 Å². The molecule has 0 radical (unpaired) electrons. The fourth-order valence-electron chi connectivity index (χ4n) is 3.42. The Bertz CT molecular complexity index is 470. The molecular weight excluding hydrogens is 348 g/mol. The van der Waals surface area contributed by atoms with Gasteiger partial charge in [-0.1, -0.05) is 6.92 Å². The summed E-state index contributed by atoms with van der Waals surface area (Å²) < 4.78 is 7.37. The van der Waals surface area contributed by atoms with Crippen LogP contribution < -0.4 is 5.73 Å². The highest BCUT2D eigenvalue weighted by Gasteiger charge is 2.42. The Morgan fingerprint density at radius 2 is 1.86 bits per heavy atom. The maximum atomic E-state index is 6.48. The van der Waals surface area contributed by atoms with Gasteiger partial charge in [0.2, 0.25) is 0 Å². The third-order valence-electron chi connectivity index (χ3n) is 3.88. The van der Waals surface area contributed by atoms with E-state index in [0.29, 0.717) is 0 Å². The molecule has 1 fully saturated rings. The smallest absolute Gasteiger partial charge is 0.0761 e. The average molecular weight is 375 g/mol. The zero-order valence-corrected chi connectivity index (χ0v) is 16.1. The Labute approximate surface area is 141 Å². The highest BCUT2D eigenvalue weighted by atomic mass is 79.9. The molecule has 120 valence electrons. The molecule has 0 saturated carbocycles. The van der Waals surface area contributed by atoms with Gasteiger partial charge in [0.15, 0.2) is 0 Å². The zero-order valence-electron chi connectivity index (χ0n) is 13.6. The number of halogens is 1. The Morgan fingerprint density at radius 3 is 2.29 bits per heavy atom. The molecule has 5 heteroatoms. The lowest BCUT2D eigenvalue weighted by molar-refractivity contribution is -0.189. The molecule has 21 heavy (non-hydrogen) atoms. The lowest BCUT2D eigenvalue weighted by Gasteiger charge is -2.50. The molecule has 1 saturated heterocycles. The van der Waals surface area contributed by atoms with Crippen molar-refractivity contribution in [2.45, 2.75) is 64.3 Å². The van der Waals surface area contributed by atoms with Gasteiger partial charge in [-0.05, 0) is 62.2 Å². The first-order chi connectivity index (χ1) is 9.63. The second-order valence-corrected chi connectivity index (χ2v) is 9.68. The van der Waals surface area contributed by atoms with Crippen LogP contribution in [0.2, 0.25) is 0 Å². The third kappa shape index (κ3) is 4.29. The summed E-state index contributed by atoms with van der Waals surface area (Å²) in [5.74, 6) is 0. The van der Waals surface area contributed by atoms with Gasteiger partial charge in [-0.15, -0.1) is 11.3 Å². The highest BCUT2D eigenvalue weighted by molar-refractivity contribution is 9.11. The predicted octanol–water partition coefficient (Wildman–Crippen LogP) is 4.18. The van der Waals surface area contributed by atoms with Gasteiger partial charge < -0.3 is 10.5 Å². The van der Waals surface area contributed by atoms with Gasteiger partial charge in [0.1, 0.15) is 0 Å². The fraction of sp³-hybridized carbons (Fsp3) is 0.750. The van der Waals surface area contributed by atoms with E-state index in [4.69, 9.17) is 10.5 Å². The number of nitrogens with zero attached hydrogens (tertiary/aromatic N) is 1. The highest BCUT2D eigenvalue weighted by Crippen LogP contribution is 2.38. The van der Waals surface area contributed by atoms with Gasteiger partial charge in [-0.2, -0.15) is 0 Å². The van der Waals surface area contributed by atoms with E-state index >= 15 is 0 Å². The first-order valence-electron chi connectivity index (χ1n) is 7.58. The minimum absolute atomic E-state index is 0.139. The van der Waals surface area contributed by atoms with Gasteiger partial charge in [-0.3, -0.25) is 4.90 Å². The maximum absolute atomic E-state index is 6.48. The molecule has 0 amide bonds. The molecule has 1 aromatic rings. The van der Waals surface area contributed by atoms with Crippen LogP contribution in [0.1, 0.15) is 52.0 Å². The summed E-state index contributed by atoms with van der Waals surface area (Å²) in [5, 5.41) is 0. The van der Waals surface area contributed by atoms with Crippen LogP contribution in [0.3, 0.4) is 0 Å². The van der Waals surface area contributed by atoms with Gasteiger partial charge in [0.05, 0.1) is 21.0 Å². The Hall–Kier alpha value is 0.0600. The minimum atomic E-state index is -0.151. The van der Waals surface area contributed by atoms with E-state index in [2.05, 4.69) is 67.6 Å². The van der Waals surface area contributed by atoms with Crippen LogP contribution in [0.25, 0.3) is 0 Å². The van der Waals surface area contributed by atoms with Crippen LogP contribution in [-0.2, 0) is 4.74 Å². The van der Waals surface area contributed by atoms with E-state index in [9.17, 15) is 0 Å². The number of nitrogens with two attached hydrogens (primary N) is 1. The van der Waals surface area contributed by atoms with Gasteiger partial charge in [0.25, 0.3) is 0 Å². The monoisotopic (exact) mass is 374 g/mol. The second kappa shape index (κ2) is 6.28. The van der Waals surface area contributed by atoms with E-state index in [-0.39, 0.29) is 23.3 Å². The van der Waals surface area contributed by atoms with Crippen LogP contribution in [-0.4, -0.2) is 35.2 Å². The van der Waals surface area contributed by atoms with Gasteiger partial charge in [-0.25, -0.2) is 0 Å². The lowest BCUT2D eigenvalue weighted by Crippen LogP contribution is -2.59. The normalized spacial score (nSPS) is 24.7. The van der Waals surface area contributed by atoms with E-state index < -0.39 is 0 Å². The fourth-order valence-corrected chi connectivity index (χ4v) is 5.05. The topological polar surface area (TPSA) is 38.5 Å². The van der Waals surface area contributed by atoms with Gasteiger partial charge >= 0.3 is 0 Å². The molecule has 1 aliphatic heterocycles. The number of rotatable bonds is 4. The van der Waals surface area contributed by atoms with E-state index in [1.807, 2.05) is 0 Å². The molecule has 3 nitrogen and oxygen atoms in total. The van der Waals surface area contributed by atoms with Crippen molar-refractivity contribution in [3.05, 3.63) is 20.8 Å². The van der Waals surface area contributed by atoms with Crippen molar-refractivity contribution >= 4 is 27.3 Å². The van der Waals surface area contributed by atoms with Crippen molar-refractivity contribution in [3.8, 4) is 0 Å². The Morgan fingerprint density at radius 1 is 1.29 bits per heavy atom. The van der Waals surface area contributed by atoms with E-state index in [1.165, 1.54) is 4.88 Å². The summed E-state index contributed by atoms with van der Waals surface area (Å²) in [6.45, 7) is 12.6. The molecule has 2 heterocycles. The Kier molecular flexibility index (Phi) is 5.21. The van der Waals surface area contributed by atoms with Gasteiger partial charge in [0, 0.05) is 24.0 Å². The summed E-state index contributed by atoms with van der Waals surface area (Å²) in [4.78, 5) is 3.85. The molecule has 1 aliphatic rings. The molecule has 2 N–H and O–H groups in total. The van der Waals surface area contributed by atoms with Crippen LogP contribution >= 0.6 is 27.3 Å². The lowest BCUT2D eigenvalue weighted by atomic mass is 9.94. The number of hydrogen-bond acceptors (Lipinski definition) is 4. The summed E-state index contributed by atoms with van der Waals surface area (Å²) in [6, 6.07) is 4.71. The third-order valence-corrected chi connectivity index (χ3v) is 5.57. The van der Waals surface area contributed by atoms with E-state index in [1.54, 1.807) is 11.3 Å². The summed E-state index contributed by atoms with van der Waals surface area (Å²) >= 11 is 5.36. The molecule has 2 atom stereocenters. The molecule has 0 aromatic carbocycles. The Balaban J connectivity index is 2.32. The predicted molar refractivity (Wildman–Crippen MR) is 93.8 cm³/mol.